The summed E-state index contributed by atoms with van der Waals surface area (Å²) in [6, 6.07) is -0.525. The number of hydrogen-bond acceptors (Lipinski definition) is 3. The lowest BCUT2D eigenvalue weighted by Gasteiger charge is -2.27. The fraction of sp³-hybridized carbons (Fsp3) is 0.786. The van der Waals surface area contributed by atoms with Gasteiger partial charge >= 0.3 is 12.0 Å². The Morgan fingerprint density at radius 2 is 1.52 bits per heavy atom. The molecule has 0 atom stereocenters. The molecule has 0 saturated carbocycles. The van der Waals surface area contributed by atoms with Crippen molar-refractivity contribution in [3.63, 3.8) is 0 Å². The molecule has 7 nitrogen and oxygen atoms in total. The van der Waals surface area contributed by atoms with Gasteiger partial charge in [-0.3, -0.25) is 9.59 Å². The molecule has 0 fully saturated rings. The molecule has 0 radical (unpaired) electrons. The van der Waals surface area contributed by atoms with E-state index in [0.29, 0.717) is 25.9 Å². The van der Waals surface area contributed by atoms with Crippen LogP contribution >= 0.6 is 0 Å². The zero-order valence-electron chi connectivity index (χ0n) is 13.4. The van der Waals surface area contributed by atoms with Crippen LogP contribution in [0.5, 0.6) is 0 Å². The van der Waals surface area contributed by atoms with Gasteiger partial charge in [0, 0.05) is 19.6 Å². The molecule has 0 aromatic rings. The van der Waals surface area contributed by atoms with E-state index in [-0.39, 0.29) is 19.0 Å². The van der Waals surface area contributed by atoms with Crippen LogP contribution < -0.4 is 10.6 Å². The van der Waals surface area contributed by atoms with Gasteiger partial charge in [0.15, 0.2) is 0 Å². The maximum absolute atomic E-state index is 11.7. The second-order valence-corrected chi connectivity index (χ2v) is 4.89. The summed E-state index contributed by atoms with van der Waals surface area (Å²) in [5.41, 5.74) is -0.958. The molecule has 0 aliphatic carbocycles. The second-order valence-electron chi connectivity index (χ2n) is 4.89. The average Bonchev–Trinajstić information content (AvgIpc) is 2.47. The first-order chi connectivity index (χ1) is 9.86. The summed E-state index contributed by atoms with van der Waals surface area (Å²) in [5.74, 6) is -1.09. The molecule has 0 aromatic carbocycles. The molecule has 0 saturated heterocycles. The first kappa shape index (κ1) is 19.2. The summed E-state index contributed by atoms with van der Waals surface area (Å²) in [4.78, 5) is 36.3. The Balaban J connectivity index is 4.33. The molecule has 3 amide bonds. The topological polar surface area (TPSA) is 98.7 Å². The summed E-state index contributed by atoms with van der Waals surface area (Å²) in [7, 11) is 0. The molecule has 0 unspecified atom stereocenters. The van der Waals surface area contributed by atoms with Gasteiger partial charge in [-0.2, -0.15) is 0 Å². The van der Waals surface area contributed by atoms with Crippen LogP contribution in [0.2, 0.25) is 0 Å². The van der Waals surface area contributed by atoms with Crippen LogP contribution in [0.3, 0.4) is 0 Å². The Morgan fingerprint density at radius 1 is 1.00 bits per heavy atom. The van der Waals surface area contributed by atoms with Gasteiger partial charge in [0.25, 0.3) is 0 Å². The van der Waals surface area contributed by atoms with E-state index in [1.807, 2.05) is 13.8 Å². The number of aliphatic carboxylic acids is 1. The molecule has 0 bridgehead atoms. The van der Waals surface area contributed by atoms with Crippen molar-refractivity contribution >= 4 is 17.9 Å². The number of likely N-dealkylation sites (N-methyl/N-ethyl adjacent to an activating group) is 1. The maximum Gasteiger partial charge on any atom is 0.315 e. The highest BCUT2D eigenvalue weighted by Crippen LogP contribution is 2.25. The van der Waals surface area contributed by atoms with Crippen LogP contribution in [-0.4, -0.2) is 54.1 Å². The second kappa shape index (κ2) is 9.20. The first-order valence-electron chi connectivity index (χ1n) is 7.39. The average molecular weight is 301 g/mol. The van der Waals surface area contributed by atoms with Crippen molar-refractivity contribution in [2.45, 2.75) is 40.5 Å². The highest BCUT2D eigenvalue weighted by Gasteiger charge is 2.35. The monoisotopic (exact) mass is 301 g/mol. The number of amides is 3. The SMILES string of the molecule is CCN(CC)C(=O)CNC(=O)NCC(CC)(CC)C(=O)O. The third-order valence-corrected chi connectivity index (χ3v) is 3.91. The first-order valence-corrected chi connectivity index (χ1v) is 7.39. The van der Waals surface area contributed by atoms with Crippen LogP contribution in [0.1, 0.15) is 40.5 Å². The molecule has 7 heteroatoms. The van der Waals surface area contributed by atoms with Gasteiger partial charge in [0.2, 0.25) is 5.91 Å². The van der Waals surface area contributed by atoms with Gasteiger partial charge in [-0.15, -0.1) is 0 Å². The Labute approximate surface area is 126 Å². The van der Waals surface area contributed by atoms with Crippen molar-refractivity contribution in [1.82, 2.24) is 15.5 Å². The van der Waals surface area contributed by atoms with E-state index in [4.69, 9.17) is 0 Å². The van der Waals surface area contributed by atoms with Crippen molar-refractivity contribution in [2.75, 3.05) is 26.2 Å². The van der Waals surface area contributed by atoms with Crippen molar-refractivity contribution in [3.8, 4) is 0 Å². The smallest absolute Gasteiger partial charge is 0.315 e. The molecule has 0 spiro atoms. The van der Waals surface area contributed by atoms with Gasteiger partial charge in [-0.25, -0.2) is 4.79 Å². The summed E-state index contributed by atoms with van der Waals surface area (Å²) in [6.07, 6.45) is 0.856. The van der Waals surface area contributed by atoms with E-state index < -0.39 is 17.4 Å². The zero-order chi connectivity index (χ0) is 16.5. The van der Waals surface area contributed by atoms with E-state index in [1.165, 1.54) is 0 Å². The van der Waals surface area contributed by atoms with E-state index >= 15 is 0 Å². The molecular weight excluding hydrogens is 274 g/mol. The van der Waals surface area contributed by atoms with E-state index in [9.17, 15) is 19.5 Å². The Morgan fingerprint density at radius 3 is 1.90 bits per heavy atom. The van der Waals surface area contributed by atoms with E-state index in [0.717, 1.165) is 0 Å². The number of urea groups is 1. The number of hydrogen-bond donors (Lipinski definition) is 3. The van der Waals surface area contributed by atoms with Crippen molar-refractivity contribution in [3.05, 3.63) is 0 Å². The molecule has 0 aromatic heterocycles. The van der Waals surface area contributed by atoms with Gasteiger partial charge in [-0.05, 0) is 26.7 Å². The minimum absolute atomic E-state index is 0.0423. The lowest BCUT2D eigenvalue weighted by molar-refractivity contribution is -0.149. The van der Waals surface area contributed by atoms with Crippen LogP contribution in [0.4, 0.5) is 4.79 Å². The van der Waals surface area contributed by atoms with Gasteiger partial charge < -0.3 is 20.6 Å². The minimum atomic E-state index is -0.958. The number of carbonyl (C=O) groups excluding carboxylic acids is 2. The lowest BCUT2D eigenvalue weighted by atomic mass is 9.82. The summed E-state index contributed by atoms with van der Waals surface area (Å²) < 4.78 is 0. The molecular formula is C14H27N3O4. The van der Waals surface area contributed by atoms with Gasteiger partial charge in [0.05, 0.1) is 12.0 Å². The summed E-state index contributed by atoms with van der Waals surface area (Å²) in [6.45, 7) is 8.42. The minimum Gasteiger partial charge on any atom is -0.481 e. The quantitative estimate of drug-likeness (QED) is 0.592. The zero-order valence-corrected chi connectivity index (χ0v) is 13.4. The number of nitrogens with one attached hydrogen (secondary N) is 2. The summed E-state index contributed by atoms with van der Waals surface area (Å²) in [5, 5.41) is 14.3. The number of nitrogens with zero attached hydrogens (tertiary/aromatic N) is 1. The Kier molecular flexibility index (Phi) is 8.42. The van der Waals surface area contributed by atoms with Crippen LogP contribution in [0.15, 0.2) is 0 Å². The molecule has 3 N–H and O–H groups in total. The number of carboxylic acids is 1. The van der Waals surface area contributed by atoms with E-state index in [1.54, 1.807) is 18.7 Å². The molecule has 122 valence electrons. The fourth-order valence-corrected chi connectivity index (χ4v) is 2.03. The van der Waals surface area contributed by atoms with Crippen LogP contribution in [0.25, 0.3) is 0 Å². The predicted octanol–water partition coefficient (Wildman–Crippen LogP) is 1.05. The van der Waals surface area contributed by atoms with Crippen molar-refractivity contribution < 1.29 is 19.5 Å². The molecule has 0 heterocycles. The van der Waals surface area contributed by atoms with Crippen LogP contribution in [-0.2, 0) is 9.59 Å². The van der Waals surface area contributed by atoms with Crippen molar-refractivity contribution in [1.29, 1.82) is 0 Å². The standard InChI is InChI=1S/C14H27N3O4/c1-5-14(6-2,12(19)20)10-16-13(21)15-9-11(18)17(7-3)8-4/h5-10H2,1-4H3,(H,19,20)(H2,15,16,21). The molecule has 0 aliphatic heterocycles. The van der Waals surface area contributed by atoms with E-state index in [2.05, 4.69) is 10.6 Å². The molecule has 0 rings (SSSR count). The number of carboxylic acid groups (broad SMARTS) is 1. The van der Waals surface area contributed by atoms with Crippen LogP contribution in [0, 0.1) is 5.41 Å². The molecule has 0 aliphatic rings. The Bertz CT molecular complexity index is 363. The predicted molar refractivity (Wildman–Crippen MR) is 80.0 cm³/mol. The third kappa shape index (κ3) is 5.61. The van der Waals surface area contributed by atoms with Gasteiger partial charge in [0.1, 0.15) is 0 Å². The fourth-order valence-electron chi connectivity index (χ4n) is 2.03. The maximum atomic E-state index is 11.7. The Hall–Kier alpha value is -1.79. The normalized spacial score (nSPS) is 10.9. The molecule has 21 heavy (non-hydrogen) atoms. The highest BCUT2D eigenvalue weighted by atomic mass is 16.4. The van der Waals surface area contributed by atoms with Gasteiger partial charge in [-0.1, -0.05) is 13.8 Å². The number of carbonyl (C=O) groups is 3. The lowest BCUT2D eigenvalue weighted by Crippen LogP contribution is -2.48. The largest absolute Gasteiger partial charge is 0.481 e. The van der Waals surface area contributed by atoms with Crippen molar-refractivity contribution in [2.24, 2.45) is 5.41 Å². The third-order valence-electron chi connectivity index (χ3n) is 3.91. The number of rotatable bonds is 9. The summed E-state index contributed by atoms with van der Waals surface area (Å²) >= 11 is 0. The highest BCUT2D eigenvalue weighted by molar-refractivity contribution is 5.84.